The maximum absolute atomic E-state index is 4.29. The summed E-state index contributed by atoms with van der Waals surface area (Å²) < 4.78 is 1.83. The Morgan fingerprint density at radius 2 is 2.36 bits per heavy atom. The maximum atomic E-state index is 4.29. The third kappa shape index (κ3) is 4.11. The van der Waals surface area contributed by atoms with E-state index in [0.717, 1.165) is 31.6 Å². The summed E-state index contributed by atoms with van der Waals surface area (Å²) in [6.45, 7) is 3.81. The van der Waals surface area contributed by atoms with E-state index in [1.807, 2.05) is 30.9 Å². The van der Waals surface area contributed by atoms with Gasteiger partial charge >= 0.3 is 0 Å². The molecule has 0 aromatic carbocycles. The number of nitrogens with one attached hydrogen (secondary N) is 1. The first-order valence-corrected chi connectivity index (χ1v) is 4.92. The summed E-state index contributed by atoms with van der Waals surface area (Å²) in [6, 6.07) is 2.05. The van der Waals surface area contributed by atoms with Gasteiger partial charge in [-0.15, -0.1) is 11.8 Å². The van der Waals surface area contributed by atoms with Gasteiger partial charge in [0.15, 0.2) is 0 Å². The SMILES string of the molecule is CC#CCCNCCc1ccn(C)n1. The molecule has 3 nitrogen and oxygen atoms in total. The summed E-state index contributed by atoms with van der Waals surface area (Å²) in [5.74, 6) is 5.89. The molecule has 0 saturated carbocycles. The monoisotopic (exact) mass is 191 g/mol. The van der Waals surface area contributed by atoms with Gasteiger partial charge in [-0.3, -0.25) is 4.68 Å². The molecule has 0 aliphatic rings. The van der Waals surface area contributed by atoms with Gasteiger partial charge in [0.1, 0.15) is 0 Å². The molecule has 0 unspecified atom stereocenters. The minimum absolute atomic E-state index is 0.929. The standard InChI is InChI=1S/C11H17N3/c1-3-4-5-8-12-9-6-11-7-10-14(2)13-11/h7,10,12H,5-6,8-9H2,1-2H3. The maximum Gasteiger partial charge on any atom is 0.0637 e. The van der Waals surface area contributed by atoms with Crippen LogP contribution in [0.4, 0.5) is 0 Å². The Labute approximate surface area is 85.5 Å². The van der Waals surface area contributed by atoms with Gasteiger partial charge in [-0.05, 0) is 13.0 Å². The molecule has 1 aromatic heterocycles. The van der Waals surface area contributed by atoms with Gasteiger partial charge in [-0.1, -0.05) is 0 Å². The van der Waals surface area contributed by atoms with Crippen molar-refractivity contribution in [2.45, 2.75) is 19.8 Å². The number of aryl methyl sites for hydroxylation is 1. The van der Waals surface area contributed by atoms with E-state index in [4.69, 9.17) is 0 Å². The zero-order valence-corrected chi connectivity index (χ0v) is 8.88. The van der Waals surface area contributed by atoms with Gasteiger partial charge in [-0.2, -0.15) is 5.10 Å². The third-order valence-electron chi connectivity index (χ3n) is 1.93. The first-order chi connectivity index (χ1) is 6.83. The van der Waals surface area contributed by atoms with Crippen molar-refractivity contribution in [3.8, 4) is 11.8 Å². The molecule has 0 saturated heterocycles. The molecule has 0 amide bonds. The van der Waals surface area contributed by atoms with E-state index < -0.39 is 0 Å². The fourth-order valence-corrected chi connectivity index (χ4v) is 1.21. The van der Waals surface area contributed by atoms with Crippen LogP contribution in [-0.2, 0) is 13.5 Å². The Bertz CT molecular complexity index is 317. The van der Waals surface area contributed by atoms with E-state index >= 15 is 0 Å². The predicted molar refractivity (Wildman–Crippen MR) is 57.8 cm³/mol. The van der Waals surface area contributed by atoms with Crippen molar-refractivity contribution in [3.05, 3.63) is 18.0 Å². The summed E-state index contributed by atoms with van der Waals surface area (Å²) in [4.78, 5) is 0. The molecule has 0 aliphatic carbocycles. The predicted octanol–water partition coefficient (Wildman–Crippen LogP) is 0.966. The second kappa shape index (κ2) is 6.22. The molecule has 1 rings (SSSR count). The minimum Gasteiger partial charge on any atom is -0.315 e. The lowest BCUT2D eigenvalue weighted by Gasteiger charge is -1.99. The van der Waals surface area contributed by atoms with Gasteiger partial charge in [0.2, 0.25) is 0 Å². The van der Waals surface area contributed by atoms with Crippen molar-refractivity contribution in [3.63, 3.8) is 0 Å². The van der Waals surface area contributed by atoms with Crippen LogP contribution < -0.4 is 5.32 Å². The van der Waals surface area contributed by atoms with E-state index in [0.29, 0.717) is 0 Å². The van der Waals surface area contributed by atoms with E-state index in [9.17, 15) is 0 Å². The molecule has 76 valence electrons. The van der Waals surface area contributed by atoms with Crippen LogP contribution in [0.25, 0.3) is 0 Å². The van der Waals surface area contributed by atoms with Gasteiger partial charge in [0.05, 0.1) is 5.69 Å². The number of rotatable bonds is 5. The van der Waals surface area contributed by atoms with Crippen LogP contribution in [-0.4, -0.2) is 22.9 Å². The normalized spacial score (nSPS) is 9.57. The van der Waals surface area contributed by atoms with E-state index in [-0.39, 0.29) is 0 Å². The molecule has 1 aromatic rings. The summed E-state index contributed by atoms with van der Waals surface area (Å²) in [5.41, 5.74) is 1.14. The highest BCUT2D eigenvalue weighted by Gasteiger charge is 1.95. The van der Waals surface area contributed by atoms with Crippen LogP contribution in [0.1, 0.15) is 19.0 Å². The van der Waals surface area contributed by atoms with Crippen molar-refractivity contribution >= 4 is 0 Å². The number of hydrogen-bond acceptors (Lipinski definition) is 2. The van der Waals surface area contributed by atoms with Crippen molar-refractivity contribution in [2.75, 3.05) is 13.1 Å². The van der Waals surface area contributed by atoms with E-state index in [1.165, 1.54) is 0 Å². The summed E-state index contributed by atoms with van der Waals surface area (Å²) in [5, 5.41) is 7.62. The second-order valence-corrected chi connectivity index (χ2v) is 3.16. The number of hydrogen-bond donors (Lipinski definition) is 1. The smallest absolute Gasteiger partial charge is 0.0637 e. The lowest BCUT2D eigenvalue weighted by atomic mass is 10.3. The highest BCUT2D eigenvalue weighted by molar-refractivity contribution is 4.99. The van der Waals surface area contributed by atoms with Gasteiger partial charge < -0.3 is 5.32 Å². The average molecular weight is 191 g/mol. The topological polar surface area (TPSA) is 29.9 Å². The molecule has 0 bridgehead atoms. The summed E-state index contributed by atoms with van der Waals surface area (Å²) in [7, 11) is 1.94. The van der Waals surface area contributed by atoms with Gasteiger partial charge in [-0.25, -0.2) is 0 Å². The fraction of sp³-hybridized carbons (Fsp3) is 0.545. The molecule has 0 spiro atoms. The summed E-state index contributed by atoms with van der Waals surface area (Å²) in [6.07, 6.45) is 3.89. The van der Waals surface area contributed by atoms with Crippen molar-refractivity contribution in [2.24, 2.45) is 7.05 Å². The average Bonchev–Trinajstić information content (AvgIpc) is 2.58. The van der Waals surface area contributed by atoms with Crippen LogP contribution >= 0.6 is 0 Å². The number of nitrogens with zero attached hydrogens (tertiary/aromatic N) is 2. The van der Waals surface area contributed by atoms with Gasteiger partial charge in [0.25, 0.3) is 0 Å². The third-order valence-corrected chi connectivity index (χ3v) is 1.93. The molecule has 0 radical (unpaired) electrons. The zero-order valence-electron chi connectivity index (χ0n) is 8.88. The van der Waals surface area contributed by atoms with Crippen LogP contribution in [0, 0.1) is 11.8 Å². The molecule has 1 heterocycles. The second-order valence-electron chi connectivity index (χ2n) is 3.16. The van der Waals surface area contributed by atoms with Crippen LogP contribution in [0.3, 0.4) is 0 Å². The van der Waals surface area contributed by atoms with Crippen LogP contribution in [0.5, 0.6) is 0 Å². The Morgan fingerprint density at radius 3 is 3.00 bits per heavy atom. The van der Waals surface area contributed by atoms with Crippen molar-refractivity contribution < 1.29 is 0 Å². The molecule has 0 fully saturated rings. The largest absolute Gasteiger partial charge is 0.315 e. The Hall–Kier alpha value is -1.27. The van der Waals surface area contributed by atoms with Crippen molar-refractivity contribution in [1.82, 2.24) is 15.1 Å². The highest BCUT2D eigenvalue weighted by Crippen LogP contribution is 1.93. The Kier molecular flexibility index (Phi) is 4.81. The molecule has 3 heteroatoms. The highest BCUT2D eigenvalue weighted by atomic mass is 15.2. The first kappa shape index (κ1) is 10.8. The molecule has 0 aliphatic heterocycles. The molecule has 14 heavy (non-hydrogen) atoms. The summed E-state index contributed by atoms with van der Waals surface area (Å²) >= 11 is 0. The fourth-order valence-electron chi connectivity index (χ4n) is 1.21. The first-order valence-electron chi connectivity index (χ1n) is 4.92. The molecule has 0 atom stereocenters. The molecule has 1 N–H and O–H groups in total. The molecular formula is C11H17N3. The van der Waals surface area contributed by atoms with Crippen molar-refractivity contribution in [1.29, 1.82) is 0 Å². The lowest BCUT2D eigenvalue weighted by Crippen LogP contribution is -2.18. The van der Waals surface area contributed by atoms with E-state index in [1.54, 1.807) is 0 Å². The zero-order chi connectivity index (χ0) is 10.2. The van der Waals surface area contributed by atoms with Gasteiger partial charge in [0, 0.05) is 39.2 Å². The van der Waals surface area contributed by atoms with E-state index in [2.05, 4.69) is 22.3 Å². The number of aromatic nitrogens is 2. The Balaban J connectivity index is 2.06. The Morgan fingerprint density at radius 1 is 1.50 bits per heavy atom. The quantitative estimate of drug-likeness (QED) is 0.555. The molecular weight excluding hydrogens is 174 g/mol. The lowest BCUT2D eigenvalue weighted by molar-refractivity contribution is 0.671. The minimum atomic E-state index is 0.929. The van der Waals surface area contributed by atoms with Crippen LogP contribution in [0.2, 0.25) is 0 Å². The van der Waals surface area contributed by atoms with Crippen LogP contribution in [0.15, 0.2) is 12.3 Å².